The highest BCUT2D eigenvalue weighted by molar-refractivity contribution is 6.42. The van der Waals surface area contributed by atoms with E-state index in [0.29, 0.717) is 54.0 Å². The van der Waals surface area contributed by atoms with Crippen LogP contribution in [0.25, 0.3) is 0 Å². The second-order valence-electron chi connectivity index (χ2n) is 10.8. The fourth-order valence-electron chi connectivity index (χ4n) is 6.19. The fraction of sp³-hybridized carbons (Fsp3) is 0.455. The van der Waals surface area contributed by atoms with Crippen molar-refractivity contribution >= 4 is 41.0 Å². The lowest BCUT2D eigenvalue weighted by molar-refractivity contribution is -0.145. The topological polar surface area (TPSA) is 93.9 Å². The van der Waals surface area contributed by atoms with Crippen LogP contribution in [-0.4, -0.2) is 71.3 Å². The molecule has 8 nitrogen and oxygen atoms in total. The van der Waals surface area contributed by atoms with Crippen LogP contribution in [-0.2, 0) is 20.9 Å². The first-order chi connectivity index (χ1) is 20.8. The summed E-state index contributed by atoms with van der Waals surface area (Å²) in [4.78, 5) is 46.3. The zero-order chi connectivity index (χ0) is 31.1. The van der Waals surface area contributed by atoms with Gasteiger partial charge < -0.3 is 19.4 Å². The Balaban J connectivity index is 0.00000207. The van der Waals surface area contributed by atoms with Crippen LogP contribution in [0.3, 0.4) is 0 Å². The number of nitriles is 1. The van der Waals surface area contributed by atoms with Crippen molar-refractivity contribution in [3.8, 4) is 6.07 Å². The molecule has 1 saturated heterocycles. The summed E-state index contributed by atoms with van der Waals surface area (Å²) in [5, 5.41) is 9.76. The highest BCUT2D eigenvalue weighted by atomic mass is 35.5. The zero-order valence-electron chi connectivity index (χ0n) is 24.9. The van der Waals surface area contributed by atoms with E-state index in [9.17, 15) is 14.4 Å². The van der Waals surface area contributed by atoms with Crippen molar-refractivity contribution in [3.63, 3.8) is 0 Å². The number of piperazine rings is 1. The van der Waals surface area contributed by atoms with E-state index in [4.69, 9.17) is 33.2 Å². The number of halogens is 2. The number of esters is 1. The molecule has 0 bridgehead atoms. The van der Waals surface area contributed by atoms with Gasteiger partial charge in [-0.3, -0.25) is 9.59 Å². The van der Waals surface area contributed by atoms with Crippen LogP contribution in [0.5, 0.6) is 0 Å². The summed E-state index contributed by atoms with van der Waals surface area (Å²) < 4.78 is 5.23. The molecule has 0 spiro atoms. The van der Waals surface area contributed by atoms with Crippen molar-refractivity contribution in [1.82, 2.24) is 14.7 Å². The van der Waals surface area contributed by atoms with Gasteiger partial charge in [-0.25, -0.2) is 4.79 Å². The van der Waals surface area contributed by atoms with Gasteiger partial charge in [0.15, 0.2) is 6.61 Å². The first kappa shape index (κ1) is 32.4. The van der Waals surface area contributed by atoms with Crippen molar-refractivity contribution < 1.29 is 19.1 Å². The SMILES string of the molecule is CC.Cc1ccc(CN2C(=O)C(C(=O)OCC#N)=C(N3CCN(C(=O)c4ccc(Cl)c(Cl)c4)CC3)C3CCCCC32)cc1. The predicted molar refractivity (Wildman–Crippen MR) is 166 cm³/mol. The molecule has 2 unspecified atom stereocenters. The van der Waals surface area contributed by atoms with Gasteiger partial charge in [0.05, 0.1) is 10.0 Å². The van der Waals surface area contributed by atoms with E-state index in [0.717, 1.165) is 36.8 Å². The average Bonchev–Trinajstić information content (AvgIpc) is 3.04. The Labute approximate surface area is 263 Å². The minimum atomic E-state index is -0.765. The van der Waals surface area contributed by atoms with Crippen LogP contribution >= 0.6 is 23.2 Å². The van der Waals surface area contributed by atoms with Gasteiger partial charge in [-0.1, -0.05) is 79.7 Å². The summed E-state index contributed by atoms with van der Waals surface area (Å²) in [5.41, 5.74) is 3.30. The predicted octanol–water partition coefficient (Wildman–Crippen LogP) is 6.01. The molecule has 0 N–H and O–H groups in total. The number of hydrogen-bond acceptors (Lipinski definition) is 6. The maximum atomic E-state index is 14.1. The highest BCUT2D eigenvalue weighted by Gasteiger charge is 2.47. The third-order valence-electron chi connectivity index (χ3n) is 8.23. The number of amides is 2. The van der Waals surface area contributed by atoms with Crippen LogP contribution in [0, 0.1) is 24.2 Å². The fourth-order valence-corrected chi connectivity index (χ4v) is 6.49. The molecule has 2 aromatic carbocycles. The first-order valence-electron chi connectivity index (χ1n) is 14.9. The van der Waals surface area contributed by atoms with E-state index in [2.05, 4.69) is 4.90 Å². The summed E-state index contributed by atoms with van der Waals surface area (Å²) in [7, 11) is 0. The number of aryl methyl sites for hydroxylation is 1. The van der Waals surface area contributed by atoms with Crippen LogP contribution in [0.15, 0.2) is 53.7 Å². The third kappa shape index (κ3) is 7.17. The Morgan fingerprint density at radius 3 is 2.30 bits per heavy atom. The van der Waals surface area contributed by atoms with E-state index in [-0.39, 0.29) is 29.3 Å². The van der Waals surface area contributed by atoms with Crippen LogP contribution in [0.4, 0.5) is 0 Å². The molecule has 0 radical (unpaired) electrons. The Morgan fingerprint density at radius 2 is 1.65 bits per heavy atom. The molecule has 0 aromatic heterocycles. The smallest absolute Gasteiger partial charge is 0.346 e. The van der Waals surface area contributed by atoms with Crippen molar-refractivity contribution in [1.29, 1.82) is 5.26 Å². The third-order valence-corrected chi connectivity index (χ3v) is 8.97. The molecule has 228 valence electrons. The number of hydrogen-bond donors (Lipinski definition) is 0. The summed E-state index contributed by atoms with van der Waals surface area (Å²) in [5.74, 6) is -1.31. The average molecular weight is 626 g/mol. The lowest BCUT2D eigenvalue weighted by Crippen LogP contribution is -2.57. The van der Waals surface area contributed by atoms with Gasteiger partial charge >= 0.3 is 5.97 Å². The summed E-state index contributed by atoms with van der Waals surface area (Å²) in [6.45, 7) is 7.75. The molecule has 10 heteroatoms. The normalized spacial score (nSPS) is 20.1. The minimum absolute atomic E-state index is 0.0137. The molecule has 2 heterocycles. The molecule has 2 amide bonds. The largest absolute Gasteiger partial charge is 0.446 e. The van der Waals surface area contributed by atoms with E-state index in [1.165, 1.54) is 0 Å². The number of rotatable bonds is 6. The van der Waals surface area contributed by atoms with Gasteiger partial charge in [-0.2, -0.15) is 5.26 Å². The van der Waals surface area contributed by atoms with Gasteiger partial charge in [0.1, 0.15) is 11.6 Å². The zero-order valence-corrected chi connectivity index (χ0v) is 26.5. The van der Waals surface area contributed by atoms with E-state index < -0.39 is 12.6 Å². The lowest BCUT2D eigenvalue weighted by Gasteiger charge is -2.49. The van der Waals surface area contributed by atoms with Gasteiger partial charge in [-0.15, -0.1) is 0 Å². The van der Waals surface area contributed by atoms with Crippen LogP contribution in [0.2, 0.25) is 10.0 Å². The molecule has 1 saturated carbocycles. The molecule has 1 aliphatic carbocycles. The molecule has 2 aromatic rings. The molecular weight excluding hydrogens is 587 g/mol. The molecule has 5 rings (SSSR count). The quantitative estimate of drug-likeness (QED) is 0.289. The van der Waals surface area contributed by atoms with E-state index in [1.54, 1.807) is 23.1 Å². The molecule has 2 atom stereocenters. The number of ether oxygens (including phenoxy) is 1. The second kappa shape index (κ2) is 14.8. The summed E-state index contributed by atoms with van der Waals surface area (Å²) >= 11 is 12.2. The Morgan fingerprint density at radius 1 is 0.977 bits per heavy atom. The minimum Gasteiger partial charge on any atom is -0.446 e. The second-order valence-corrected chi connectivity index (χ2v) is 11.6. The maximum absolute atomic E-state index is 14.1. The van der Waals surface area contributed by atoms with Gasteiger partial charge in [0.25, 0.3) is 11.8 Å². The number of fused-ring (bicyclic) bond motifs is 1. The number of benzene rings is 2. The van der Waals surface area contributed by atoms with Gasteiger partial charge in [0, 0.05) is 55.9 Å². The standard InChI is InChI=1S/C31H32Cl2N4O4.C2H6/c1-20-6-8-21(9-7-20)19-37-26-5-3-2-4-23(26)28(27(30(37)39)31(40)41-17-12-34)35-13-15-36(16-14-35)29(38)22-10-11-24(32)25(33)18-22;1-2/h6-11,18,23,26H,2-5,13-17,19H2,1H3;1-2H3. The molecule has 43 heavy (non-hydrogen) atoms. The molecule has 2 fully saturated rings. The first-order valence-corrected chi connectivity index (χ1v) is 15.7. The Hall–Kier alpha value is -3.54. The number of carbonyl (C=O) groups is 3. The molecule has 3 aliphatic rings. The van der Waals surface area contributed by atoms with Crippen LogP contribution < -0.4 is 0 Å². The van der Waals surface area contributed by atoms with Crippen molar-refractivity contribution in [2.75, 3.05) is 32.8 Å². The molecule has 2 aliphatic heterocycles. The maximum Gasteiger partial charge on any atom is 0.346 e. The van der Waals surface area contributed by atoms with Gasteiger partial charge in [-0.05, 0) is 43.5 Å². The summed E-state index contributed by atoms with van der Waals surface area (Å²) in [6, 6.07) is 14.7. The van der Waals surface area contributed by atoms with Crippen molar-refractivity contribution in [2.24, 2.45) is 5.92 Å². The van der Waals surface area contributed by atoms with Crippen molar-refractivity contribution in [3.05, 3.63) is 80.5 Å². The van der Waals surface area contributed by atoms with Gasteiger partial charge in [0.2, 0.25) is 0 Å². The summed E-state index contributed by atoms with van der Waals surface area (Å²) in [6.07, 6.45) is 3.69. The lowest BCUT2D eigenvalue weighted by atomic mass is 9.76. The van der Waals surface area contributed by atoms with Crippen LogP contribution in [0.1, 0.15) is 61.0 Å². The molecular formula is C33H38Cl2N4O4. The van der Waals surface area contributed by atoms with E-state index >= 15 is 0 Å². The van der Waals surface area contributed by atoms with Crippen molar-refractivity contribution in [2.45, 2.75) is 59.0 Å². The number of nitrogens with zero attached hydrogens (tertiary/aromatic N) is 4. The monoisotopic (exact) mass is 624 g/mol. The number of carbonyl (C=O) groups excluding carboxylic acids is 3. The van der Waals surface area contributed by atoms with E-state index in [1.807, 2.05) is 56.0 Å². The Kier molecular flexibility index (Phi) is 11.1. The highest BCUT2D eigenvalue weighted by Crippen LogP contribution is 2.42. The Bertz CT molecular complexity index is 1410.